The van der Waals surface area contributed by atoms with E-state index in [2.05, 4.69) is 6.07 Å². The number of nitrogens with zero attached hydrogens (tertiary/aromatic N) is 2. The predicted octanol–water partition coefficient (Wildman–Crippen LogP) is 5.23. The lowest BCUT2D eigenvalue weighted by Gasteiger charge is -2.19. The Hall–Kier alpha value is -3.35. The van der Waals surface area contributed by atoms with Crippen molar-refractivity contribution < 1.29 is 23.1 Å². The molecule has 0 saturated heterocycles. The van der Waals surface area contributed by atoms with Crippen LogP contribution in [0.15, 0.2) is 65.6 Å². The molecule has 3 aromatic carbocycles. The van der Waals surface area contributed by atoms with Crippen molar-refractivity contribution in [2.45, 2.75) is 17.9 Å². The maximum absolute atomic E-state index is 13.8. The molecule has 0 aliphatic heterocycles. The molecule has 0 aliphatic carbocycles. The summed E-state index contributed by atoms with van der Waals surface area (Å²) in [6.45, 7) is 1.69. The molecule has 10 heteroatoms. The number of aliphatic hydroxyl groups is 1. The summed E-state index contributed by atoms with van der Waals surface area (Å²) < 4.78 is 33.3. The van der Waals surface area contributed by atoms with Gasteiger partial charge in [-0.25, -0.2) is 17.2 Å². The number of aromatic nitrogens is 1. The molecule has 0 amide bonds. The van der Waals surface area contributed by atoms with Crippen LogP contribution >= 0.6 is 23.2 Å². The Morgan fingerprint density at radius 1 is 1.11 bits per heavy atom. The molecule has 1 N–H and O–H groups in total. The number of hydrogen-bond donors (Lipinski definition) is 1. The molecule has 0 aliphatic rings. The number of aryl methyl sites for hydroxylation is 1. The Bertz CT molecular complexity index is 1620. The van der Waals surface area contributed by atoms with Crippen molar-refractivity contribution in [3.63, 3.8) is 0 Å². The molecule has 0 fully saturated rings. The van der Waals surface area contributed by atoms with E-state index < -0.39 is 22.1 Å². The number of carbonyl (C=O) groups is 1. The van der Waals surface area contributed by atoms with Gasteiger partial charge in [-0.15, -0.1) is 0 Å². The van der Waals surface area contributed by atoms with Gasteiger partial charge in [-0.3, -0.25) is 0 Å². The van der Waals surface area contributed by atoms with E-state index in [9.17, 15) is 23.6 Å². The van der Waals surface area contributed by atoms with Gasteiger partial charge in [0.25, 0.3) is 10.0 Å². The van der Waals surface area contributed by atoms with E-state index in [1.54, 1.807) is 25.1 Å². The fraction of sp³-hybridized carbons (Fsp3) is 0.120. The summed E-state index contributed by atoms with van der Waals surface area (Å²) >= 11 is 12.8. The van der Waals surface area contributed by atoms with Crippen LogP contribution in [0.2, 0.25) is 10.0 Å². The number of rotatable bonds is 5. The maximum Gasteiger partial charge on any atom is 0.339 e. The first-order valence-corrected chi connectivity index (χ1v) is 12.4. The average Bonchev–Trinajstić information content (AvgIpc) is 3.26. The summed E-state index contributed by atoms with van der Waals surface area (Å²) in [5, 5.41) is 21.2. The summed E-state index contributed by atoms with van der Waals surface area (Å²) in [7, 11) is -3.02. The van der Waals surface area contributed by atoms with Crippen LogP contribution < -0.4 is 0 Å². The molecule has 35 heavy (non-hydrogen) atoms. The third-order valence-electron chi connectivity index (χ3n) is 5.72. The minimum absolute atomic E-state index is 0.00605. The Morgan fingerprint density at radius 2 is 1.80 bits per heavy atom. The summed E-state index contributed by atoms with van der Waals surface area (Å²) in [5.74, 6) is -0.743. The first kappa shape index (κ1) is 24.8. The maximum atomic E-state index is 13.8. The number of carbonyl (C=O) groups excluding carboxylic acids is 1. The fourth-order valence-corrected chi connectivity index (χ4v) is 6.15. The molecule has 1 unspecified atom stereocenters. The van der Waals surface area contributed by atoms with Gasteiger partial charge in [-0.2, -0.15) is 5.26 Å². The quantitative estimate of drug-likeness (QED) is 0.355. The molecule has 0 spiro atoms. The van der Waals surface area contributed by atoms with E-state index in [1.165, 1.54) is 49.6 Å². The summed E-state index contributed by atoms with van der Waals surface area (Å²) in [6.07, 6.45) is -1.64. The van der Waals surface area contributed by atoms with Gasteiger partial charge in [0.05, 0.1) is 45.4 Å². The fourth-order valence-electron chi connectivity index (χ4n) is 3.93. The zero-order valence-corrected chi connectivity index (χ0v) is 20.8. The molecule has 0 bridgehead atoms. The summed E-state index contributed by atoms with van der Waals surface area (Å²) in [4.78, 5) is 12.2. The van der Waals surface area contributed by atoms with Gasteiger partial charge in [0, 0.05) is 16.0 Å². The van der Waals surface area contributed by atoms with E-state index >= 15 is 0 Å². The minimum Gasteiger partial charge on any atom is -0.465 e. The lowest BCUT2D eigenvalue weighted by atomic mass is 10.0. The Balaban J connectivity index is 2.07. The van der Waals surface area contributed by atoms with E-state index in [4.69, 9.17) is 27.9 Å². The van der Waals surface area contributed by atoms with Crippen LogP contribution in [0.4, 0.5) is 0 Å². The largest absolute Gasteiger partial charge is 0.465 e. The average molecular weight is 529 g/mol. The second-order valence-corrected chi connectivity index (χ2v) is 10.2. The SMILES string of the molecule is COC(=O)c1ccc(Cl)c(C(O)c2cc3c(C)c(C#N)ccc3n2S(=O)(=O)c2ccccc2)c1Cl. The van der Waals surface area contributed by atoms with Crippen molar-refractivity contribution in [1.29, 1.82) is 5.26 Å². The number of fused-ring (bicyclic) bond motifs is 1. The Labute approximate surface area is 211 Å². The van der Waals surface area contributed by atoms with Crippen LogP contribution in [0.1, 0.15) is 38.8 Å². The van der Waals surface area contributed by atoms with E-state index in [0.717, 1.165) is 3.97 Å². The summed E-state index contributed by atoms with van der Waals surface area (Å²) in [5.41, 5.74) is 1.01. The predicted molar refractivity (Wildman–Crippen MR) is 132 cm³/mol. The molecule has 0 radical (unpaired) electrons. The number of aliphatic hydroxyl groups excluding tert-OH is 1. The van der Waals surface area contributed by atoms with Gasteiger partial charge < -0.3 is 9.84 Å². The minimum atomic E-state index is -4.20. The third-order valence-corrected chi connectivity index (χ3v) is 8.22. The smallest absolute Gasteiger partial charge is 0.339 e. The van der Waals surface area contributed by atoms with Crippen LogP contribution in [0.25, 0.3) is 10.9 Å². The molecule has 4 rings (SSSR count). The van der Waals surface area contributed by atoms with Crippen LogP contribution in [0.3, 0.4) is 0 Å². The lowest BCUT2D eigenvalue weighted by Crippen LogP contribution is -2.19. The second-order valence-electron chi connectivity index (χ2n) is 7.65. The Morgan fingerprint density at radius 3 is 2.43 bits per heavy atom. The number of ether oxygens (including phenoxy) is 1. The van der Waals surface area contributed by atoms with Gasteiger partial charge >= 0.3 is 5.97 Å². The first-order chi connectivity index (χ1) is 16.6. The molecular weight excluding hydrogens is 511 g/mol. The number of hydrogen-bond acceptors (Lipinski definition) is 6. The van der Waals surface area contributed by atoms with Crippen molar-refractivity contribution in [3.05, 3.63) is 98.7 Å². The van der Waals surface area contributed by atoms with Crippen molar-refractivity contribution in [1.82, 2.24) is 3.97 Å². The Kier molecular flexibility index (Phi) is 6.62. The van der Waals surface area contributed by atoms with Crippen LogP contribution in [-0.4, -0.2) is 30.6 Å². The number of halogens is 2. The van der Waals surface area contributed by atoms with Crippen molar-refractivity contribution in [2.75, 3.05) is 7.11 Å². The highest BCUT2D eigenvalue weighted by atomic mass is 35.5. The number of nitriles is 1. The van der Waals surface area contributed by atoms with Crippen LogP contribution in [-0.2, 0) is 14.8 Å². The van der Waals surface area contributed by atoms with Gasteiger partial charge in [0.2, 0.25) is 0 Å². The van der Waals surface area contributed by atoms with E-state index in [0.29, 0.717) is 16.5 Å². The molecule has 4 aromatic rings. The summed E-state index contributed by atoms with van der Waals surface area (Å²) in [6, 6.07) is 17.0. The highest BCUT2D eigenvalue weighted by molar-refractivity contribution is 7.90. The van der Waals surface area contributed by atoms with Crippen molar-refractivity contribution >= 4 is 50.1 Å². The molecule has 1 aromatic heterocycles. The topological polar surface area (TPSA) is 109 Å². The monoisotopic (exact) mass is 528 g/mol. The highest BCUT2D eigenvalue weighted by Gasteiger charge is 2.31. The van der Waals surface area contributed by atoms with Gasteiger partial charge in [-0.05, 0) is 55.0 Å². The zero-order valence-electron chi connectivity index (χ0n) is 18.5. The highest BCUT2D eigenvalue weighted by Crippen LogP contribution is 2.40. The molecule has 0 saturated carbocycles. The molecule has 1 heterocycles. The van der Waals surface area contributed by atoms with Crippen LogP contribution in [0.5, 0.6) is 0 Å². The third kappa shape index (κ3) is 4.07. The lowest BCUT2D eigenvalue weighted by molar-refractivity contribution is 0.0600. The number of methoxy groups -OCH3 is 1. The van der Waals surface area contributed by atoms with Crippen molar-refractivity contribution in [2.24, 2.45) is 0 Å². The standard InChI is InChI=1S/C25H18Cl2N2O5S/c1-14-15(13-28)8-11-20-18(14)12-21(29(20)35(32,33)16-6-4-3-5-7-16)24(30)22-19(26)10-9-17(23(22)27)25(31)34-2/h3-12,24,30H,1-2H3. The van der Waals surface area contributed by atoms with Gasteiger partial charge in [0.1, 0.15) is 6.10 Å². The van der Waals surface area contributed by atoms with Gasteiger partial charge in [-0.1, -0.05) is 41.4 Å². The molecule has 1 atom stereocenters. The van der Waals surface area contributed by atoms with E-state index in [-0.39, 0.29) is 37.3 Å². The van der Waals surface area contributed by atoms with E-state index in [1.807, 2.05) is 0 Å². The van der Waals surface area contributed by atoms with Gasteiger partial charge in [0.15, 0.2) is 0 Å². The molecule has 178 valence electrons. The molecule has 7 nitrogen and oxygen atoms in total. The first-order valence-electron chi connectivity index (χ1n) is 10.2. The number of benzene rings is 3. The number of esters is 1. The van der Waals surface area contributed by atoms with Crippen molar-refractivity contribution in [3.8, 4) is 6.07 Å². The normalized spacial score (nSPS) is 12.3. The van der Waals surface area contributed by atoms with Crippen LogP contribution in [0, 0.1) is 18.3 Å². The zero-order chi connectivity index (χ0) is 25.5. The molecular formula is C25H18Cl2N2O5S. The second kappa shape index (κ2) is 9.36.